The monoisotopic (exact) mass is 342 g/mol. The van der Waals surface area contributed by atoms with Crippen molar-refractivity contribution in [3.8, 4) is 0 Å². The van der Waals surface area contributed by atoms with Crippen molar-refractivity contribution in [1.82, 2.24) is 4.90 Å². The summed E-state index contributed by atoms with van der Waals surface area (Å²) in [5.74, 6) is 0.335. The summed E-state index contributed by atoms with van der Waals surface area (Å²) in [6.45, 7) is 2.96. The van der Waals surface area contributed by atoms with Gasteiger partial charge in [-0.3, -0.25) is 10.3 Å². The Morgan fingerprint density at radius 3 is 2.42 bits per heavy atom. The molecule has 0 bridgehead atoms. The van der Waals surface area contributed by atoms with Crippen LogP contribution in [-0.2, 0) is 16.9 Å². The summed E-state index contributed by atoms with van der Waals surface area (Å²) < 4.78 is 6.22. The van der Waals surface area contributed by atoms with Crippen molar-refractivity contribution >= 4 is 16.7 Å². The van der Waals surface area contributed by atoms with E-state index in [0.717, 1.165) is 38.0 Å². The van der Waals surface area contributed by atoms with Crippen LogP contribution in [0.3, 0.4) is 0 Å². The van der Waals surface area contributed by atoms with Gasteiger partial charge in [0.1, 0.15) is 5.60 Å². The molecule has 2 aliphatic heterocycles. The molecule has 2 heterocycles. The highest BCUT2D eigenvalue weighted by molar-refractivity contribution is 6.03. The summed E-state index contributed by atoms with van der Waals surface area (Å²) in [5.41, 5.74) is 3.23. The Labute approximate surface area is 153 Å². The van der Waals surface area contributed by atoms with Gasteiger partial charge in [-0.05, 0) is 22.4 Å². The second kappa shape index (κ2) is 5.96. The molecule has 0 atom stereocenters. The maximum Gasteiger partial charge on any atom is 0.214 e. The standard InChI is InChI=1S/C23H22N2O/c24-22-20-11-10-18-8-4-5-9-19(18)21(20)23(26-22)12-14-25(15-13-23)16-17-6-2-1-3-7-17/h1-11,24H,12-16H2. The smallest absolute Gasteiger partial charge is 0.214 e. The Bertz CT molecular complexity index is 972. The summed E-state index contributed by atoms with van der Waals surface area (Å²) in [7, 11) is 0. The first kappa shape index (κ1) is 15.6. The number of nitrogens with zero attached hydrogens (tertiary/aromatic N) is 1. The molecule has 3 heteroatoms. The second-order valence-corrected chi connectivity index (χ2v) is 7.40. The van der Waals surface area contributed by atoms with Crippen LogP contribution in [-0.4, -0.2) is 23.9 Å². The fraction of sp³-hybridized carbons (Fsp3) is 0.261. The zero-order valence-corrected chi connectivity index (χ0v) is 14.7. The average molecular weight is 342 g/mol. The van der Waals surface area contributed by atoms with Crippen LogP contribution >= 0.6 is 0 Å². The van der Waals surface area contributed by atoms with Gasteiger partial charge in [0, 0.05) is 43.6 Å². The van der Waals surface area contributed by atoms with Crippen molar-refractivity contribution < 1.29 is 4.74 Å². The quantitative estimate of drug-likeness (QED) is 0.734. The van der Waals surface area contributed by atoms with Crippen LogP contribution in [0.2, 0.25) is 0 Å². The van der Waals surface area contributed by atoms with Gasteiger partial charge in [0.05, 0.1) is 0 Å². The van der Waals surface area contributed by atoms with Gasteiger partial charge in [0.25, 0.3) is 0 Å². The molecule has 1 spiro atoms. The van der Waals surface area contributed by atoms with E-state index >= 15 is 0 Å². The van der Waals surface area contributed by atoms with Crippen LogP contribution < -0.4 is 0 Å². The van der Waals surface area contributed by atoms with E-state index in [9.17, 15) is 0 Å². The van der Waals surface area contributed by atoms with E-state index in [-0.39, 0.29) is 5.60 Å². The number of nitrogens with one attached hydrogen (secondary N) is 1. The number of likely N-dealkylation sites (tertiary alicyclic amines) is 1. The molecule has 1 N–H and O–H groups in total. The number of piperidine rings is 1. The Kier molecular flexibility index (Phi) is 3.57. The van der Waals surface area contributed by atoms with Crippen molar-refractivity contribution in [3.63, 3.8) is 0 Å². The van der Waals surface area contributed by atoms with Gasteiger partial charge in [0.2, 0.25) is 5.90 Å². The minimum absolute atomic E-state index is 0.333. The molecular weight excluding hydrogens is 320 g/mol. The number of ether oxygens (including phenoxy) is 1. The maximum absolute atomic E-state index is 8.36. The maximum atomic E-state index is 8.36. The van der Waals surface area contributed by atoms with Gasteiger partial charge in [-0.15, -0.1) is 0 Å². The average Bonchev–Trinajstić information content (AvgIpc) is 2.97. The number of hydrogen-bond donors (Lipinski definition) is 1. The Balaban J connectivity index is 1.46. The lowest BCUT2D eigenvalue weighted by molar-refractivity contribution is -0.00416. The number of rotatable bonds is 2. The SMILES string of the molecule is N=C1OC2(CCN(Cc3ccccc3)CC2)c2c1ccc1ccccc21. The van der Waals surface area contributed by atoms with Crippen LogP contribution in [0.25, 0.3) is 10.8 Å². The highest BCUT2D eigenvalue weighted by Gasteiger charge is 2.46. The van der Waals surface area contributed by atoms with Crippen molar-refractivity contribution in [1.29, 1.82) is 5.41 Å². The van der Waals surface area contributed by atoms with E-state index in [1.54, 1.807) is 0 Å². The first-order chi connectivity index (χ1) is 12.8. The number of benzene rings is 3. The third-order valence-corrected chi connectivity index (χ3v) is 5.84. The molecular formula is C23H22N2O. The first-order valence-corrected chi connectivity index (χ1v) is 9.32. The lowest BCUT2D eigenvalue weighted by atomic mass is 9.81. The van der Waals surface area contributed by atoms with E-state index in [4.69, 9.17) is 10.1 Å². The van der Waals surface area contributed by atoms with E-state index in [1.165, 1.54) is 21.9 Å². The molecule has 0 aliphatic carbocycles. The zero-order valence-electron chi connectivity index (χ0n) is 14.7. The van der Waals surface area contributed by atoms with Gasteiger partial charge < -0.3 is 4.74 Å². The van der Waals surface area contributed by atoms with Crippen LogP contribution in [0.4, 0.5) is 0 Å². The second-order valence-electron chi connectivity index (χ2n) is 7.40. The highest BCUT2D eigenvalue weighted by atomic mass is 16.5. The van der Waals surface area contributed by atoms with Gasteiger partial charge in [-0.25, -0.2) is 0 Å². The summed E-state index contributed by atoms with van der Waals surface area (Å²) >= 11 is 0. The molecule has 3 aromatic rings. The van der Waals surface area contributed by atoms with Gasteiger partial charge in [-0.1, -0.05) is 60.7 Å². The molecule has 5 rings (SSSR count). The van der Waals surface area contributed by atoms with E-state index in [0.29, 0.717) is 5.90 Å². The molecule has 1 saturated heterocycles. The van der Waals surface area contributed by atoms with Crippen LogP contribution in [0.15, 0.2) is 66.7 Å². The number of fused-ring (bicyclic) bond motifs is 4. The van der Waals surface area contributed by atoms with Crippen molar-refractivity contribution in [3.05, 3.63) is 83.4 Å². The predicted molar refractivity (Wildman–Crippen MR) is 104 cm³/mol. The molecule has 130 valence electrons. The topological polar surface area (TPSA) is 36.3 Å². The largest absolute Gasteiger partial charge is 0.466 e. The van der Waals surface area contributed by atoms with E-state index in [2.05, 4.69) is 71.6 Å². The lowest BCUT2D eigenvalue weighted by Crippen LogP contribution is -2.42. The zero-order chi connectivity index (χ0) is 17.6. The minimum atomic E-state index is -0.333. The minimum Gasteiger partial charge on any atom is -0.466 e. The van der Waals surface area contributed by atoms with Gasteiger partial charge in [-0.2, -0.15) is 0 Å². The highest BCUT2D eigenvalue weighted by Crippen LogP contribution is 2.47. The fourth-order valence-corrected chi connectivity index (χ4v) is 4.52. The lowest BCUT2D eigenvalue weighted by Gasteiger charge is -2.39. The Morgan fingerprint density at radius 2 is 1.62 bits per heavy atom. The van der Waals surface area contributed by atoms with Crippen molar-refractivity contribution in [2.75, 3.05) is 13.1 Å². The molecule has 3 nitrogen and oxygen atoms in total. The van der Waals surface area contributed by atoms with Crippen molar-refractivity contribution in [2.45, 2.75) is 25.0 Å². The summed E-state index contributed by atoms with van der Waals surface area (Å²) in [6.07, 6.45) is 1.87. The molecule has 0 aromatic heterocycles. The predicted octanol–water partition coefficient (Wildman–Crippen LogP) is 4.69. The molecule has 3 aromatic carbocycles. The summed E-state index contributed by atoms with van der Waals surface area (Å²) in [4.78, 5) is 2.50. The molecule has 0 saturated carbocycles. The Hall–Kier alpha value is -2.65. The molecule has 1 fully saturated rings. The van der Waals surface area contributed by atoms with E-state index in [1.807, 2.05) is 0 Å². The van der Waals surface area contributed by atoms with Crippen LogP contribution in [0.5, 0.6) is 0 Å². The van der Waals surface area contributed by atoms with Gasteiger partial charge in [0.15, 0.2) is 0 Å². The molecule has 0 unspecified atom stereocenters. The Morgan fingerprint density at radius 1 is 0.885 bits per heavy atom. The number of hydrogen-bond acceptors (Lipinski definition) is 3. The molecule has 0 amide bonds. The third-order valence-electron chi connectivity index (χ3n) is 5.84. The van der Waals surface area contributed by atoms with Crippen molar-refractivity contribution in [2.24, 2.45) is 0 Å². The third kappa shape index (κ3) is 2.43. The van der Waals surface area contributed by atoms with E-state index < -0.39 is 0 Å². The normalized spacial score (nSPS) is 18.8. The van der Waals surface area contributed by atoms with Gasteiger partial charge >= 0.3 is 0 Å². The van der Waals surface area contributed by atoms with Crippen LogP contribution in [0.1, 0.15) is 29.5 Å². The molecule has 2 aliphatic rings. The fourth-order valence-electron chi connectivity index (χ4n) is 4.52. The summed E-state index contributed by atoms with van der Waals surface area (Å²) in [6, 6.07) is 23.3. The first-order valence-electron chi connectivity index (χ1n) is 9.32. The molecule has 0 radical (unpaired) electrons. The summed E-state index contributed by atoms with van der Waals surface area (Å²) in [5, 5.41) is 10.8. The molecule has 26 heavy (non-hydrogen) atoms. The van der Waals surface area contributed by atoms with Crippen LogP contribution in [0, 0.1) is 5.41 Å².